The zero-order valence-electron chi connectivity index (χ0n) is 6.78. The monoisotopic (exact) mass is 196 g/mol. The minimum atomic E-state index is -0.237. The van der Waals surface area contributed by atoms with E-state index in [1.54, 1.807) is 0 Å². The van der Waals surface area contributed by atoms with Crippen LogP contribution < -0.4 is 0 Å². The van der Waals surface area contributed by atoms with Crippen LogP contribution >= 0.6 is 23.2 Å². The molecule has 0 amide bonds. The molecular formula is C8H14Cl2O. The van der Waals surface area contributed by atoms with E-state index >= 15 is 0 Å². The zero-order chi connectivity index (χ0) is 8.69. The van der Waals surface area contributed by atoms with E-state index in [0.717, 1.165) is 19.3 Å². The smallest absolute Gasteiger partial charge is 0.224 e. The van der Waals surface area contributed by atoms with E-state index in [1.165, 1.54) is 0 Å². The highest BCUT2D eigenvalue weighted by Gasteiger charge is 2.13. The second-order valence-corrected chi connectivity index (χ2v) is 3.37. The Bertz CT molecular complexity index is 115. The van der Waals surface area contributed by atoms with Gasteiger partial charge in [0.25, 0.3) is 0 Å². The van der Waals surface area contributed by atoms with Gasteiger partial charge in [-0.3, -0.25) is 4.79 Å². The number of carbonyl (C=O) groups excluding carboxylic acids is 1. The molecule has 0 aromatic rings. The van der Waals surface area contributed by atoms with Crippen molar-refractivity contribution in [3.8, 4) is 0 Å². The Kier molecular flexibility index (Phi) is 7.09. The molecule has 0 aliphatic rings. The van der Waals surface area contributed by atoms with Gasteiger partial charge in [0.15, 0.2) is 0 Å². The molecule has 0 saturated heterocycles. The lowest BCUT2D eigenvalue weighted by Crippen LogP contribution is -2.09. The standard InChI is InChI=1S/C8H14Cl2O/c1-2-3-4-7(5-6-9)8(10)11/h7H,2-6H2,1H3. The van der Waals surface area contributed by atoms with Gasteiger partial charge in [-0.05, 0) is 24.4 Å². The number of alkyl halides is 1. The van der Waals surface area contributed by atoms with Crippen LogP contribution in [0.25, 0.3) is 0 Å². The van der Waals surface area contributed by atoms with Crippen molar-refractivity contribution in [2.75, 3.05) is 5.88 Å². The van der Waals surface area contributed by atoms with Crippen molar-refractivity contribution in [1.82, 2.24) is 0 Å². The van der Waals surface area contributed by atoms with Gasteiger partial charge in [0, 0.05) is 11.8 Å². The van der Waals surface area contributed by atoms with Crippen LogP contribution in [-0.4, -0.2) is 11.1 Å². The summed E-state index contributed by atoms with van der Waals surface area (Å²) in [5.74, 6) is 0.501. The second-order valence-electron chi connectivity index (χ2n) is 2.62. The fraction of sp³-hybridized carbons (Fsp3) is 0.875. The molecule has 0 rings (SSSR count). The van der Waals surface area contributed by atoms with Gasteiger partial charge in [-0.1, -0.05) is 19.8 Å². The molecule has 0 radical (unpaired) electrons. The molecule has 0 heterocycles. The Labute approximate surface area is 78.1 Å². The molecule has 0 fully saturated rings. The molecule has 0 aromatic heterocycles. The molecule has 0 aliphatic carbocycles. The van der Waals surface area contributed by atoms with Crippen molar-refractivity contribution in [3.63, 3.8) is 0 Å². The van der Waals surface area contributed by atoms with E-state index in [9.17, 15) is 4.79 Å². The summed E-state index contributed by atoms with van der Waals surface area (Å²) in [5.41, 5.74) is 0. The molecule has 0 bridgehead atoms. The van der Waals surface area contributed by atoms with Crippen molar-refractivity contribution >= 4 is 28.4 Å². The summed E-state index contributed by atoms with van der Waals surface area (Å²) in [7, 11) is 0. The van der Waals surface area contributed by atoms with Crippen molar-refractivity contribution in [2.45, 2.75) is 32.6 Å². The summed E-state index contributed by atoms with van der Waals surface area (Å²) in [6.45, 7) is 2.09. The molecule has 1 atom stereocenters. The second kappa shape index (κ2) is 6.93. The van der Waals surface area contributed by atoms with Crippen molar-refractivity contribution in [1.29, 1.82) is 0 Å². The van der Waals surface area contributed by atoms with E-state index in [4.69, 9.17) is 23.2 Å². The van der Waals surface area contributed by atoms with Crippen LogP contribution in [0, 0.1) is 5.92 Å². The summed E-state index contributed by atoms with van der Waals surface area (Å²) in [6.07, 6.45) is 3.75. The molecule has 11 heavy (non-hydrogen) atoms. The summed E-state index contributed by atoms with van der Waals surface area (Å²) in [6, 6.07) is 0. The van der Waals surface area contributed by atoms with Gasteiger partial charge < -0.3 is 0 Å². The number of rotatable bonds is 6. The Morgan fingerprint density at radius 1 is 1.45 bits per heavy atom. The van der Waals surface area contributed by atoms with Crippen molar-refractivity contribution in [3.05, 3.63) is 0 Å². The molecule has 1 nitrogen and oxygen atoms in total. The predicted octanol–water partition coefficient (Wildman–Crippen LogP) is 3.19. The van der Waals surface area contributed by atoms with Gasteiger partial charge in [-0.2, -0.15) is 0 Å². The molecule has 0 saturated carbocycles. The number of hydrogen-bond donors (Lipinski definition) is 0. The van der Waals surface area contributed by atoms with Gasteiger partial charge >= 0.3 is 0 Å². The topological polar surface area (TPSA) is 17.1 Å². The Morgan fingerprint density at radius 3 is 2.45 bits per heavy atom. The normalized spacial score (nSPS) is 13.0. The van der Waals surface area contributed by atoms with E-state index in [-0.39, 0.29) is 11.2 Å². The van der Waals surface area contributed by atoms with Gasteiger partial charge in [0.1, 0.15) is 0 Å². The van der Waals surface area contributed by atoms with Crippen LogP contribution in [0.4, 0.5) is 0 Å². The van der Waals surface area contributed by atoms with Crippen molar-refractivity contribution < 1.29 is 4.79 Å². The molecule has 0 N–H and O–H groups in total. The average molecular weight is 197 g/mol. The van der Waals surface area contributed by atoms with Gasteiger partial charge in [-0.15, -0.1) is 11.6 Å². The van der Waals surface area contributed by atoms with E-state index < -0.39 is 0 Å². The minimum Gasteiger partial charge on any atom is -0.281 e. The first-order valence-corrected chi connectivity index (χ1v) is 4.89. The lowest BCUT2D eigenvalue weighted by molar-refractivity contribution is -0.115. The van der Waals surface area contributed by atoms with E-state index in [1.807, 2.05) is 0 Å². The summed E-state index contributed by atoms with van der Waals surface area (Å²) in [5, 5.41) is -0.237. The first kappa shape index (κ1) is 11.2. The highest BCUT2D eigenvalue weighted by molar-refractivity contribution is 6.64. The minimum absolute atomic E-state index is 0.0193. The fourth-order valence-corrected chi connectivity index (χ4v) is 1.44. The van der Waals surface area contributed by atoms with Crippen LogP contribution in [0.2, 0.25) is 0 Å². The van der Waals surface area contributed by atoms with Crippen LogP contribution in [0.3, 0.4) is 0 Å². The average Bonchev–Trinajstić information content (AvgIpc) is 1.97. The predicted molar refractivity (Wildman–Crippen MR) is 49.2 cm³/mol. The van der Waals surface area contributed by atoms with Gasteiger partial charge in [0.2, 0.25) is 5.24 Å². The maximum Gasteiger partial charge on any atom is 0.224 e. The van der Waals surface area contributed by atoms with Crippen LogP contribution in [0.1, 0.15) is 32.6 Å². The number of unbranched alkanes of at least 4 members (excludes halogenated alkanes) is 1. The Balaban J connectivity index is 3.60. The van der Waals surface area contributed by atoms with E-state index in [0.29, 0.717) is 12.3 Å². The molecule has 3 heteroatoms. The first-order valence-electron chi connectivity index (χ1n) is 3.97. The third kappa shape index (κ3) is 5.51. The Morgan fingerprint density at radius 2 is 2.09 bits per heavy atom. The molecule has 66 valence electrons. The molecule has 0 spiro atoms. The summed E-state index contributed by atoms with van der Waals surface area (Å²) < 4.78 is 0. The van der Waals surface area contributed by atoms with E-state index in [2.05, 4.69) is 6.92 Å². The zero-order valence-corrected chi connectivity index (χ0v) is 8.29. The number of halogens is 2. The van der Waals surface area contributed by atoms with Crippen LogP contribution in [0.15, 0.2) is 0 Å². The largest absolute Gasteiger partial charge is 0.281 e. The maximum atomic E-state index is 10.7. The third-order valence-corrected chi connectivity index (χ3v) is 2.21. The third-order valence-electron chi connectivity index (χ3n) is 1.68. The summed E-state index contributed by atoms with van der Waals surface area (Å²) >= 11 is 10.9. The quantitative estimate of drug-likeness (QED) is 0.472. The SMILES string of the molecule is CCCCC(CCCl)C(=O)Cl. The van der Waals surface area contributed by atoms with Gasteiger partial charge in [-0.25, -0.2) is 0 Å². The lowest BCUT2D eigenvalue weighted by atomic mass is 10.0. The number of hydrogen-bond acceptors (Lipinski definition) is 1. The highest BCUT2D eigenvalue weighted by Crippen LogP contribution is 2.16. The van der Waals surface area contributed by atoms with Crippen molar-refractivity contribution in [2.24, 2.45) is 5.92 Å². The molecule has 1 unspecified atom stereocenters. The molecular weight excluding hydrogens is 183 g/mol. The molecule has 0 aliphatic heterocycles. The fourth-order valence-electron chi connectivity index (χ4n) is 0.954. The summed E-state index contributed by atoms with van der Waals surface area (Å²) in [4.78, 5) is 10.7. The lowest BCUT2D eigenvalue weighted by Gasteiger charge is -2.08. The van der Waals surface area contributed by atoms with Gasteiger partial charge in [0.05, 0.1) is 0 Å². The Hall–Kier alpha value is 0.250. The number of carbonyl (C=O) groups is 1. The van der Waals surface area contributed by atoms with Crippen LogP contribution in [0.5, 0.6) is 0 Å². The highest BCUT2D eigenvalue weighted by atomic mass is 35.5. The van der Waals surface area contributed by atoms with Crippen LogP contribution in [-0.2, 0) is 4.79 Å². The first-order chi connectivity index (χ1) is 5.22. The maximum absolute atomic E-state index is 10.7. The molecule has 0 aromatic carbocycles.